The number of nitrogens with zero attached hydrogens (tertiary/aromatic N) is 1. The Morgan fingerprint density at radius 3 is 2.58 bits per heavy atom. The fraction of sp³-hybridized carbons (Fsp3) is 0.273. The van der Waals surface area contributed by atoms with Gasteiger partial charge in [-0.2, -0.15) is 0 Å². The summed E-state index contributed by atoms with van der Waals surface area (Å²) in [5, 5.41) is 21.4. The third kappa shape index (κ3) is 4.92. The molecule has 0 aliphatic rings. The maximum absolute atomic E-state index is 11.4. The van der Waals surface area contributed by atoms with Crippen LogP contribution in [0.15, 0.2) is 18.2 Å². The van der Waals surface area contributed by atoms with Crippen LogP contribution in [0.1, 0.15) is 19.3 Å². The molecule has 0 fully saturated rings. The highest BCUT2D eigenvalue weighted by Crippen LogP contribution is 2.27. The van der Waals surface area contributed by atoms with Gasteiger partial charge in [-0.15, -0.1) is 0 Å². The molecule has 0 heterocycles. The van der Waals surface area contributed by atoms with Crippen molar-refractivity contribution in [3.8, 4) is 0 Å². The monoisotopic (exact) mass is 286 g/mol. The summed E-state index contributed by atoms with van der Waals surface area (Å²) in [6.07, 6.45) is 0.192. The van der Waals surface area contributed by atoms with Crippen molar-refractivity contribution in [1.29, 1.82) is 0 Å². The summed E-state index contributed by atoms with van der Waals surface area (Å²) in [4.78, 5) is 31.6. The Morgan fingerprint density at radius 1 is 1.37 bits per heavy atom. The van der Waals surface area contributed by atoms with E-state index in [1.54, 1.807) is 0 Å². The Morgan fingerprint density at radius 2 is 2.05 bits per heavy atom. The maximum Gasteiger partial charge on any atom is 0.303 e. The van der Waals surface area contributed by atoms with Crippen molar-refractivity contribution in [2.75, 3.05) is 5.32 Å². The van der Waals surface area contributed by atoms with E-state index in [9.17, 15) is 19.7 Å². The molecular weight excluding hydrogens is 276 g/mol. The van der Waals surface area contributed by atoms with Gasteiger partial charge in [-0.3, -0.25) is 19.7 Å². The smallest absolute Gasteiger partial charge is 0.303 e. The van der Waals surface area contributed by atoms with Crippen molar-refractivity contribution in [3.05, 3.63) is 33.3 Å². The average Bonchev–Trinajstić information content (AvgIpc) is 2.27. The number of anilines is 1. The van der Waals surface area contributed by atoms with E-state index in [1.807, 2.05) is 0 Å². The highest BCUT2D eigenvalue weighted by Gasteiger charge is 2.13. The molecule has 0 atom stereocenters. The summed E-state index contributed by atoms with van der Waals surface area (Å²) in [5.41, 5.74) is 0.0847. The van der Waals surface area contributed by atoms with E-state index in [2.05, 4.69) is 5.32 Å². The van der Waals surface area contributed by atoms with Crippen LogP contribution in [0.5, 0.6) is 0 Å². The third-order valence-electron chi connectivity index (χ3n) is 2.22. The third-order valence-corrected chi connectivity index (χ3v) is 2.53. The summed E-state index contributed by atoms with van der Waals surface area (Å²) in [6, 6.07) is 3.82. The Kier molecular flexibility index (Phi) is 5.25. The fourth-order valence-electron chi connectivity index (χ4n) is 1.36. The van der Waals surface area contributed by atoms with Gasteiger partial charge in [-0.05, 0) is 18.6 Å². The molecule has 0 unspecified atom stereocenters. The molecule has 7 nitrogen and oxygen atoms in total. The standard InChI is InChI=1S/C11H11ClN2O5/c12-8-6-7(4-5-9(8)14(18)19)13-10(15)2-1-3-11(16)17/h4-6H,1-3H2,(H,13,15)(H,16,17). The predicted molar refractivity (Wildman–Crippen MR) is 68.2 cm³/mol. The van der Waals surface area contributed by atoms with Gasteiger partial charge in [0.1, 0.15) is 5.02 Å². The molecule has 0 aromatic heterocycles. The number of aliphatic carboxylic acids is 1. The predicted octanol–water partition coefficient (Wildman–Crippen LogP) is 2.44. The van der Waals surface area contributed by atoms with Gasteiger partial charge in [0.25, 0.3) is 5.69 Å². The van der Waals surface area contributed by atoms with Crippen LogP contribution < -0.4 is 5.32 Å². The van der Waals surface area contributed by atoms with Crippen molar-refractivity contribution >= 4 is 34.9 Å². The first-order valence-electron chi connectivity index (χ1n) is 5.35. The van der Waals surface area contributed by atoms with Crippen molar-refractivity contribution in [1.82, 2.24) is 0 Å². The number of hydrogen-bond donors (Lipinski definition) is 2. The molecule has 0 aliphatic carbocycles. The molecule has 8 heteroatoms. The topological polar surface area (TPSA) is 110 Å². The number of halogens is 1. The van der Waals surface area contributed by atoms with E-state index in [1.165, 1.54) is 18.2 Å². The van der Waals surface area contributed by atoms with Crippen LogP contribution in [0.2, 0.25) is 5.02 Å². The molecule has 0 bridgehead atoms. The lowest BCUT2D eigenvalue weighted by Crippen LogP contribution is -2.11. The molecular formula is C11H11ClN2O5. The van der Waals surface area contributed by atoms with Crippen molar-refractivity contribution in [3.63, 3.8) is 0 Å². The van der Waals surface area contributed by atoms with Gasteiger partial charge in [0.05, 0.1) is 4.92 Å². The average molecular weight is 287 g/mol. The Balaban J connectivity index is 2.58. The number of nitrogens with one attached hydrogen (secondary N) is 1. The van der Waals surface area contributed by atoms with Crippen LogP contribution in [0.3, 0.4) is 0 Å². The van der Waals surface area contributed by atoms with E-state index in [-0.39, 0.29) is 35.9 Å². The zero-order valence-electron chi connectivity index (χ0n) is 9.76. The van der Waals surface area contributed by atoms with Crippen LogP contribution in [0, 0.1) is 10.1 Å². The van der Waals surface area contributed by atoms with Gasteiger partial charge < -0.3 is 10.4 Å². The van der Waals surface area contributed by atoms with E-state index in [0.717, 1.165) is 0 Å². The number of carboxylic acid groups (broad SMARTS) is 1. The molecule has 102 valence electrons. The summed E-state index contributed by atoms with van der Waals surface area (Å²) in [7, 11) is 0. The number of nitro benzene ring substituents is 1. The second kappa shape index (κ2) is 6.69. The van der Waals surface area contributed by atoms with Crippen molar-refractivity contribution in [2.24, 2.45) is 0 Å². The quantitative estimate of drug-likeness (QED) is 0.616. The molecule has 1 aromatic carbocycles. The van der Waals surface area contributed by atoms with Gasteiger partial charge >= 0.3 is 5.97 Å². The Labute approximate surface area is 113 Å². The van der Waals surface area contributed by atoms with Crippen molar-refractivity contribution < 1.29 is 19.6 Å². The van der Waals surface area contributed by atoms with Gasteiger partial charge in [-0.25, -0.2) is 0 Å². The Hall–Kier alpha value is -2.15. The second-order valence-electron chi connectivity index (χ2n) is 3.72. The molecule has 0 radical (unpaired) electrons. The van der Waals surface area contributed by atoms with E-state index in [4.69, 9.17) is 16.7 Å². The first-order valence-corrected chi connectivity index (χ1v) is 5.73. The largest absolute Gasteiger partial charge is 0.481 e. The summed E-state index contributed by atoms with van der Waals surface area (Å²) in [5.74, 6) is -1.34. The number of carbonyl (C=O) groups excluding carboxylic acids is 1. The molecule has 1 aromatic rings. The second-order valence-corrected chi connectivity index (χ2v) is 4.13. The van der Waals surface area contributed by atoms with Crippen LogP contribution >= 0.6 is 11.6 Å². The first kappa shape index (κ1) is 14.9. The normalized spacial score (nSPS) is 9.95. The van der Waals surface area contributed by atoms with Crippen LogP contribution in [-0.2, 0) is 9.59 Å². The van der Waals surface area contributed by atoms with Crippen LogP contribution in [-0.4, -0.2) is 21.9 Å². The van der Waals surface area contributed by atoms with Crippen LogP contribution in [0.4, 0.5) is 11.4 Å². The molecule has 2 N–H and O–H groups in total. The lowest BCUT2D eigenvalue weighted by Gasteiger charge is -2.05. The first-order chi connectivity index (χ1) is 8.90. The molecule has 1 rings (SSSR count). The molecule has 19 heavy (non-hydrogen) atoms. The maximum atomic E-state index is 11.4. The SMILES string of the molecule is O=C(O)CCCC(=O)Nc1ccc([N+](=O)[O-])c(Cl)c1. The number of carboxylic acids is 1. The molecule has 0 aliphatic heterocycles. The van der Waals surface area contributed by atoms with Crippen LogP contribution in [0.25, 0.3) is 0 Å². The summed E-state index contributed by atoms with van der Waals surface area (Å²) >= 11 is 5.68. The number of amides is 1. The molecule has 0 saturated heterocycles. The zero-order chi connectivity index (χ0) is 14.4. The summed E-state index contributed by atoms with van der Waals surface area (Å²) < 4.78 is 0. The lowest BCUT2D eigenvalue weighted by molar-refractivity contribution is -0.384. The highest BCUT2D eigenvalue weighted by molar-refractivity contribution is 6.33. The number of nitro groups is 1. The number of carbonyl (C=O) groups is 2. The van der Waals surface area contributed by atoms with E-state index in [0.29, 0.717) is 5.69 Å². The van der Waals surface area contributed by atoms with E-state index < -0.39 is 10.9 Å². The number of benzene rings is 1. The number of hydrogen-bond acceptors (Lipinski definition) is 4. The Bertz CT molecular complexity index is 518. The molecule has 0 saturated carbocycles. The van der Waals surface area contributed by atoms with Gasteiger partial charge in [0.2, 0.25) is 5.91 Å². The molecule has 1 amide bonds. The highest BCUT2D eigenvalue weighted by atomic mass is 35.5. The van der Waals surface area contributed by atoms with Gasteiger partial charge in [0.15, 0.2) is 0 Å². The minimum atomic E-state index is -0.966. The zero-order valence-corrected chi connectivity index (χ0v) is 10.5. The lowest BCUT2D eigenvalue weighted by atomic mass is 10.2. The summed E-state index contributed by atoms with van der Waals surface area (Å²) in [6.45, 7) is 0. The minimum Gasteiger partial charge on any atom is -0.481 e. The van der Waals surface area contributed by atoms with Gasteiger partial charge in [-0.1, -0.05) is 11.6 Å². The molecule has 0 spiro atoms. The van der Waals surface area contributed by atoms with E-state index >= 15 is 0 Å². The van der Waals surface area contributed by atoms with Gasteiger partial charge in [0, 0.05) is 24.6 Å². The number of rotatable bonds is 6. The fourth-order valence-corrected chi connectivity index (χ4v) is 1.61. The van der Waals surface area contributed by atoms with Crippen molar-refractivity contribution in [2.45, 2.75) is 19.3 Å². The minimum absolute atomic E-state index is 0.0565.